The monoisotopic (exact) mass is 447 g/mol. The third-order valence-corrected chi connectivity index (χ3v) is 9.12. The normalized spacial score (nSPS) is 29.4. The maximum Gasteiger partial charge on any atom is 0.327 e. The van der Waals surface area contributed by atoms with Crippen LogP contribution in [0.15, 0.2) is 24.4 Å². The van der Waals surface area contributed by atoms with Crippen LogP contribution in [0.25, 0.3) is 0 Å². The van der Waals surface area contributed by atoms with Gasteiger partial charge in [-0.15, -0.1) is 0 Å². The van der Waals surface area contributed by atoms with Crippen molar-refractivity contribution < 1.29 is 18.0 Å². The van der Waals surface area contributed by atoms with Crippen molar-refractivity contribution in [2.24, 2.45) is 5.92 Å². The summed E-state index contributed by atoms with van der Waals surface area (Å²) < 4.78 is 27.3. The van der Waals surface area contributed by atoms with Crippen molar-refractivity contribution in [2.75, 3.05) is 43.4 Å². The number of sulfonamides is 1. The van der Waals surface area contributed by atoms with Crippen molar-refractivity contribution in [1.29, 1.82) is 0 Å². The fourth-order valence-corrected chi connectivity index (χ4v) is 7.04. The number of urea groups is 1. The van der Waals surface area contributed by atoms with Crippen LogP contribution in [-0.2, 0) is 14.8 Å². The molecule has 0 radical (unpaired) electrons. The lowest BCUT2D eigenvalue weighted by Crippen LogP contribution is -2.50. The van der Waals surface area contributed by atoms with Crippen molar-refractivity contribution in [1.82, 2.24) is 19.1 Å². The van der Waals surface area contributed by atoms with Gasteiger partial charge in [0.2, 0.25) is 10.0 Å². The summed E-state index contributed by atoms with van der Waals surface area (Å²) in [5.41, 5.74) is 0. The molecule has 3 saturated heterocycles. The molecular weight excluding hydrogens is 418 g/mol. The minimum atomic E-state index is -3.55. The molecule has 31 heavy (non-hydrogen) atoms. The molecule has 1 saturated carbocycles. The molecule has 168 valence electrons. The van der Waals surface area contributed by atoms with Gasteiger partial charge < -0.3 is 9.80 Å². The van der Waals surface area contributed by atoms with Gasteiger partial charge in [0.25, 0.3) is 5.91 Å². The van der Waals surface area contributed by atoms with E-state index in [2.05, 4.69) is 9.88 Å². The van der Waals surface area contributed by atoms with E-state index in [1.54, 1.807) is 11.1 Å². The minimum Gasteiger partial charge on any atom is -0.354 e. The topological polar surface area (TPSA) is 94.1 Å². The molecule has 5 rings (SSSR count). The van der Waals surface area contributed by atoms with Crippen LogP contribution in [0, 0.1) is 5.92 Å². The van der Waals surface area contributed by atoms with Crippen molar-refractivity contribution >= 4 is 27.8 Å². The summed E-state index contributed by atoms with van der Waals surface area (Å²) in [6.07, 6.45) is 6.74. The molecule has 4 heterocycles. The number of anilines is 1. The predicted octanol–water partition coefficient (Wildman–Crippen LogP) is 1.13. The first kappa shape index (κ1) is 20.7. The minimum absolute atomic E-state index is 0.0646. The second kappa shape index (κ2) is 8.05. The Balaban J connectivity index is 1.18. The van der Waals surface area contributed by atoms with Crippen molar-refractivity contribution in [3.05, 3.63) is 24.4 Å². The molecule has 3 atom stereocenters. The zero-order valence-corrected chi connectivity index (χ0v) is 18.4. The smallest absolute Gasteiger partial charge is 0.327 e. The molecule has 0 aromatic carbocycles. The highest BCUT2D eigenvalue weighted by Gasteiger charge is 2.55. The number of carbonyl (C=O) groups excluding carboxylic acids is 2. The van der Waals surface area contributed by atoms with Crippen LogP contribution in [0.2, 0.25) is 0 Å². The number of imide groups is 1. The Morgan fingerprint density at radius 2 is 1.81 bits per heavy atom. The fraction of sp³-hybridized carbons (Fsp3) is 0.667. The van der Waals surface area contributed by atoms with E-state index in [0.717, 1.165) is 31.5 Å². The predicted molar refractivity (Wildman–Crippen MR) is 115 cm³/mol. The Morgan fingerprint density at radius 3 is 2.55 bits per heavy atom. The second-order valence-electron chi connectivity index (χ2n) is 8.93. The third-order valence-electron chi connectivity index (χ3n) is 7.27. The summed E-state index contributed by atoms with van der Waals surface area (Å²) in [7, 11) is -3.55. The van der Waals surface area contributed by atoms with E-state index in [4.69, 9.17) is 0 Å². The molecule has 1 aromatic heterocycles. The first-order chi connectivity index (χ1) is 15.0. The molecule has 3 amide bonds. The zero-order valence-electron chi connectivity index (χ0n) is 17.6. The number of nitrogens with zero attached hydrogens (tertiary/aromatic N) is 5. The van der Waals surface area contributed by atoms with Crippen LogP contribution in [-0.4, -0.2) is 90.0 Å². The van der Waals surface area contributed by atoms with Crippen LogP contribution in [0.1, 0.15) is 32.1 Å². The fourth-order valence-electron chi connectivity index (χ4n) is 5.65. The average Bonchev–Trinajstić information content (AvgIpc) is 3.29. The molecular formula is C21H29N5O4S. The highest BCUT2D eigenvalue weighted by atomic mass is 32.2. The van der Waals surface area contributed by atoms with Gasteiger partial charge in [-0.3, -0.25) is 9.69 Å². The molecule has 4 fully saturated rings. The summed E-state index contributed by atoms with van der Waals surface area (Å²) in [5.74, 6) is 0.833. The van der Waals surface area contributed by atoms with E-state index in [1.807, 2.05) is 18.2 Å². The SMILES string of the molecule is O=C1[C@@H]2C[C@@H]3CCCC[C@H]3N2C(=O)N1CCS(=O)(=O)N1CCN(c2ccccn2)CC1. The van der Waals surface area contributed by atoms with Crippen molar-refractivity contribution in [3.63, 3.8) is 0 Å². The molecule has 3 aliphatic heterocycles. The molecule has 9 nitrogen and oxygen atoms in total. The van der Waals surface area contributed by atoms with E-state index in [0.29, 0.717) is 32.1 Å². The number of piperazine rings is 1. The van der Waals surface area contributed by atoms with Gasteiger partial charge in [-0.05, 0) is 37.3 Å². The highest BCUT2D eigenvalue weighted by molar-refractivity contribution is 7.89. The number of pyridine rings is 1. The van der Waals surface area contributed by atoms with Gasteiger partial charge in [0.1, 0.15) is 11.9 Å². The lowest BCUT2D eigenvalue weighted by Gasteiger charge is -2.35. The Labute approximate surface area is 183 Å². The quantitative estimate of drug-likeness (QED) is 0.628. The van der Waals surface area contributed by atoms with Gasteiger partial charge in [0.05, 0.1) is 5.75 Å². The van der Waals surface area contributed by atoms with Gasteiger partial charge in [0, 0.05) is 45.0 Å². The third kappa shape index (κ3) is 3.69. The summed E-state index contributed by atoms with van der Waals surface area (Å²) in [6, 6.07) is 5.15. The molecule has 10 heteroatoms. The molecule has 0 N–H and O–H groups in total. The second-order valence-corrected chi connectivity index (χ2v) is 11.0. The number of hydrogen-bond donors (Lipinski definition) is 0. The first-order valence-electron chi connectivity index (χ1n) is 11.2. The van der Waals surface area contributed by atoms with E-state index in [9.17, 15) is 18.0 Å². The Kier molecular flexibility index (Phi) is 5.37. The number of aromatic nitrogens is 1. The van der Waals surface area contributed by atoms with Crippen LogP contribution in [0.3, 0.4) is 0 Å². The average molecular weight is 448 g/mol. The molecule has 0 unspecified atom stereocenters. The maximum atomic E-state index is 13.0. The number of hydrogen-bond acceptors (Lipinski definition) is 6. The van der Waals surface area contributed by atoms with Crippen LogP contribution in [0.4, 0.5) is 10.6 Å². The van der Waals surface area contributed by atoms with Gasteiger partial charge in [0.15, 0.2) is 0 Å². The number of fused-ring (bicyclic) bond motifs is 3. The summed E-state index contributed by atoms with van der Waals surface area (Å²) in [4.78, 5) is 35.1. The highest BCUT2D eigenvalue weighted by Crippen LogP contribution is 2.43. The van der Waals surface area contributed by atoms with Gasteiger partial charge >= 0.3 is 6.03 Å². The van der Waals surface area contributed by atoms with Crippen molar-refractivity contribution in [2.45, 2.75) is 44.2 Å². The largest absolute Gasteiger partial charge is 0.354 e. The molecule has 1 aliphatic carbocycles. The Hall–Kier alpha value is -2.20. The van der Waals surface area contributed by atoms with E-state index >= 15 is 0 Å². The zero-order chi connectivity index (χ0) is 21.6. The first-order valence-corrected chi connectivity index (χ1v) is 12.8. The number of amides is 3. The van der Waals surface area contributed by atoms with Crippen LogP contribution < -0.4 is 4.90 Å². The van der Waals surface area contributed by atoms with E-state index in [1.165, 1.54) is 15.6 Å². The van der Waals surface area contributed by atoms with Gasteiger partial charge in [-0.1, -0.05) is 18.9 Å². The lowest BCUT2D eigenvalue weighted by molar-refractivity contribution is -0.127. The Bertz CT molecular complexity index is 948. The Morgan fingerprint density at radius 1 is 1.03 bits per heavy atom. The number of carbonyl (C=O) groups is 2. The summed E-state index contributed by atoms with van der Waals surface area (Å²) in [5, 5.41) is 0. The summed E-state index contributed by atoms with van der Waals surface area (Å²) in [6.45, 7) is 1.82. The molecule has 0 spiro atoms. The van der Waals surface area contributed by atoms with Crippen LogP contribution in [0.5, 0.6) is 0 Å². The van der Waals surface area contributed by atoms with E-state index in [-0.39, 0.29) is 36.3 Å². The molecule has 1 aromatic rings. The summed E-state index contributed by atoms with van der Waals surface area (Å²) >= 11 is 0. The number of rotatable bonds is 5. The molecule has 4 aliphatic rings. The van der Waals surface area contributed by atoms with Crippen molar-refractivity contribution in [3.8, 4) is 0 Å². The van der Waals surface area contributed by atoms with Gasteiger partial charge in [-0.2, -0.15) is 4.31 Å². The molecule has 0 bridgehead atoms. The standard InChI is InChI=1S/C21H29N5O4S/c27-20-18-15-16-5-1-2-6-17(16)26(18)21(28)25(20)13-14-31(29,30)24-11-9-23(10-12-24)19-7-3-4-8-22-19/h3-4,7-8,16-18H,1-2,5-6,9-15H2/t16-,17+,18-/m0/s1. The van der Waals surface area contributed by atoms with E-state index < -0.39 is 10.0 Å². The lowest BCUT2D eigenvalue weighted by atomic mass is 9.84. The maximum absolute atomic E-state index is 13.0. The van der Waals surface area contributed by atoms with Crippen LogP contribution >= 0.6 is 0 Å². The van der Waals surface area contributed by atoms with Gasteiger partial charge in [-0.25, -0.2) is 18.2 Å².